The average Bonchev–Trinajstić information content (AvgIpc) is 2.90. The molecule has 0 bridgehead atoms. The number of aromatic nitrogens is 3. The van der Waals surface area contributed by atoms with Crippen molar-refractivity contribution in [2.45, 2.75) is 0 Å². The van der Waals surface area contributed by atoms with E-state index >= 15 is 0 Å². The van der Waals surface area contributed by atoms with Crippen molar-refractivity contribution in [2.75, 3.05) is 23.2 Å². The summed E-state index contributed by atoms with van der Waals surface area (Å²) in [5.74, 6) is 1.77. The fourth-order valence-electron chi connectivity index (χ4n) is 3.58. The van der Waals surface area contributed by atoms with E-state index in [1.807, 2.05) is 91.0 Å². The normalized spacial score (nSPS) is 10.9. The smallest absolute Gasteiger partial charge is 0.250 e. The fraction of sp³-hybridized carbons (Fsp3) is 0.0370. The van der Waals surface area contributed by atoms with Gasteiger partial charge in [0, 0.05) is 16.9 Å². The number of para-hydroxylation sites is 2. The quantitative estimate of drug-likeness (QED) is 0.194. The van der Waals surface area contributed by atoms with Crippen molar-refractivity contribution in [3.63, 3.8) is 0 Å². The van der Waals surface area contributed by atoms with Gasteiger partial charge in [-0.05, 0) is 41.1 Å². The highest BCUT2D eigenvalue weighted by atomic mass is 16.5. The van der Waals surface area contributed by atoms with Crippen LogP contribution in [0.25, 0.3) is 10.8 Å². The van der Waals surface area contributed by atoms with Crippen LogP contribution in [0.1, 0.15) is 5.56 Å². The Balaban J connectivity index is 1.45. The first kappa shape index (κ1) is 21.8. The highest BCUT2D eigenvalue weighted by Crippen LogP contribution is 2.26. The van der Waals surface area contributed by atoms with Crippen molar-refractivity contribution in [1.82, 2.24) is 15.0 Å². The van der Waals surface area contributed by atoms with E-state index in [1.165, 1.54) is 0 Å². The number of ether oxygens (including phenoxy) is 1. The highest BCUT2D eigenvalue weighted by molar-refractivity contribution is 6.02. The van der Waals surface area contributed by atoms with Gasteiger partial charge in [-0.3, -0.25) is 0 Å². The molecule has 8 nitrogen and oxygen atoms in total. The Kier molecular flexibility index (Phi) is 6.43. The maximum Gasteiger partial charge on any atom is 0.250 e. The van der Waals surface area contributed by atoms with Crippen LogP contribution in [-0.2, 0) is 0 Å². The van der Waals surface area contributed by atoms with Gasteiger partial charge in [0.2, 0.25) is 17.8 Å². The Bertz CT molecular complexity index is 1400. The molecule has 0 aliphatic heterocycles. The molecule has 0 spiro atoms. The predicted molar refractivity (Wildman–Crippen MR) is 141 cm³/mol. The number of benzene rings is 4. The van der Waals surface area contributed by atoms with E-state index in [2.05, 4.69) is 42.2 Å². The van der Waals surface area contributed by atoms with Crippen molar-refractivity contribution in [3.05, 3.63) is 103 Å². The first-order valence-corrected chi connectivity index (χ1v) is 11.0. The third kappa shape index (κ3) is 5.33. The Morgan fingerprint density at radius 1 is 0.657 bits per heavy atom. The average molecular weight is 462 g/mol. The van der Waals surface area contributed by atoms with E-state index in [0.717, 1.165) is 33.5 Å². The Labute approximate surface area is 202 Å². The van der Waals surface area contributed by atoms with Gasteiger partial charge in [-0.25, -0.2) is 5.43 Å². The molecule has 1 aromatic heterocycles. The minimum atomic E-state index is 0.285. The Morgan fingerprint density at radius 3 is 1.86 bits per heavy atom. The summed E-state index contributed by atoms with van der Waals surface area (Å²) in [4.78, 5) is 13.5. The second-order valence-electron chi connectivity index (χ2n) is 7.56. The third-order valence-corrected chi connectivity index (χ3v) is 5.20. The van der Waals surface area contributed by atoms with Crippen LogP contribution in [-0.4, -0.2) is 28.3 Å². The van der Waals surface area contributed by atoms with Gasteiger partial charge < -0.3 is 15.4 Å². The van der Waals surface area contributed by atoms with Crippen LogP contribution < -0.4 is 20.8 Å². The van der Waals surface area contributed by atoms with Gasteiger partial charge >= 0.3 is 0 Å². The second-order valence-corrected chi connectivity index (χ2v) is 7.56. The zero-order valence-electron chi connectivity index (χ0n) is 19.0. The highest BCUT2D eigenvalue weighted by Gasteiger charge is 2.09. The lowest BCUT2D eigenvalue weighted by Gasteiger charge is -2.10. The standard InChI is InChI=1S/C27H23N7O/c1-35-24-17-16-19-10-8-9-15-22(19)23(24)18-28-34-27-32-25(29-20-11-4-2-5-12-20)31-26(33-27)30-21-13-6-3-7-14-21/h2-18H,1H3,(H3,29,30,31,32,33,34)/b28-18+. The van der Waals surface area contributed by atoms with E-state index < -0.39 is 0 Å². The molecule has 172 valence electrons. The number of rotatable bonds is 8. The van der Waals surface area contributed by atoms with Gasteiger partial charge in [0.25, 0.3) is 0 Å². The molecule has 4 aromatic carbocycles. The predicted octanol–water partition coefficient (Wildman–Crippen LogP) is 5.97. The summed E-state index contributed by atoms with van der Waals surface area (Å²) in [5.41, 5.74) is 5.51. The van der Waals surface area contributed by atoms with Gasteiger partial charge in [0.15, 0.2) is 0 Å². The van der Waals surface area contributed by atoms with Crippen LogP contribution >= 0.6 is 0 Å². The van der Waals surface area contributed by atoms with Gasteiger partial charge in [-0.2, -0.15) is 20.1 Å². The van der Waals surface area contributed by atoms with Gasteiger partial charge in [-0.1, -0.05) is 66.7 Å². The zero-order valence-corrected chi connectivity index (χ0v) is 19.0. The lowest BCUT2D eigenvalue weighted by Crippen LogP contribution is -2.07. The summed E-state index contributed by atoms with van der Waals surface area (Å²) in [6.45, 7) is 0. The molecule has 0 radical (unpaired) electrons. The number of methoxy groups -OCH3 is 1. The number of nitrogens with zero attached hydrogens (tertiary/aromatic N) is 4. The minimum absolute atomic E-state index is 0.285. The van der Waals surface area contributed by atoms with E-state index in [9.17, 15) is 0 Å². The summed E-state index contributed by atoms with van der Waals surface area (Å²) in [5, 5.41) is 12.9. The first-order chi connectivity index (χ1) is 17.3. The Morgan fingerprint density at radius 2 is 1.23 bits per heavy atom. The molecule has 35 heavy (non-hydrogen) atoms. The van der Waals surface area contributed by atoms with Gasteiger partial charge in [0.05, 0.1) is 13.3 Å². The molecule has 3 N–H and O–H groups in total. The van der Waals surface area contributed by atoms with Crippen molar-refractivity contribution >= 4 is 46.2 Å². The molecular weight excluding hydrogens is 438 g/mol. The molecule has 0 saturated heterocycles. The lowest BCUT2D eigenvalue weighted by atomic mass is 10.0. The minimum Gasteiger partial charge on any atom is -0.496 e. The van der Waals surface area contributed by atoms with Crippen molar-refractivity contribution in [1.29, 1.82) is 0 Å². The van der Waals surface area contributed by atoms with Crippen molar-refractivity contribution in [2.24, 2.45) is 5.10 Å². The van der Waals surface area contributed by atoms with Gasteiger partial charge in [-0.15, -0.1) is 0 Å². The molecule has 0 saturated carbocycles. The third-order valence-electron chi connectivity index (χ3n) is 5.20. The van der Waals surface area contributed by atoms with Crippen molar-refractivity contribution in [3.8, 4) is 5.75 Å². The number of anilines is 5. The van der Waals surface area contributed by atoms with Crippen LogP contribution in [0.3, 0.4) is 0 Å². The zero-order chi connectivity index (χ0) is 23.9. The van der Waals surface area contributed by atoms with E-state index in [1.54, 1.807) is 13.3 Å². The summed E-state index contributed by atoms with van der Waals surface area (Å²) >= 11 is 0. The van der Waals surface area contributed by atoms with Crippen LogP contribution in [0.15, 0.2) is 102 Å². The van der Waals surface area contributed by atoms with Gasteiger partial charge in [0.1, 0.15) is 5.75 Å². The molecule has 0 unspecified atom stereocenters. The number of hydrogen-bond donors (Lipinski definition) is 3. The van der Waals surface area contributed by atoms with Crippen LogP contribution in [0.2, 0.25) is 0 Å². The first-order valence-electron chi connectivity index (χ1n) is 11.0. The second kappa shape index (κ2) is 10.3. The Hall–Kier alpha value is -4.98. The maximum atomic E-state index is 5.55. The fourth-order valence-corrected chi connectivity index (χ4v) is 3.58. The lowest BCUT2D eigenvalue weighted by molar-refractivity contribution is 0.415. The number of hydrazone groups is 1. The largest absolute Gasteiger partial charge is 0.496 e. The molecule has 0 aliphatic rings. The monoisotopic (exact) mass is 461 g/mol. The van der Waals surface area contributed by atoms with Crippen LogP contribution in [0.4, 0.5) is 29.2 Å². The molecule has 1 heterocycles. The summed E-state index contributed by atoms with van der Waals surface area (Å²) < 4.78 is 5.55. The van der Waals surface area contributed by atoms with E-state index in [4.69, 9.17) is 4.74 Å². The molecular formula is C27H23N7O. The van der Waals surface area contributed by atoms with E-state index in [0.29, 0.717) is 11.9 Å². The molecule has 5 rings (SSSR count). The molecule has 0 amide bonds. The summed E-state index contributed by atoms with van der Waals surface area (Å²) in [6.07, 6.45) is 1.71. The number of fused-ring (bicyclic) bond motifs is 1. The molecule has 0 atom stereocenters. The number of nitrogens with one attached hydrogen (secondary N) is 3. The summed E-state index contributed by atoms with van der Waals surface area (Å²) in [7, 11) is 1.64. The van der Waals surface area contributed by atoms with Crippen molar-refractivity contribution < 1.29 is 4.74 Å². The van der Waals surface area contributed by atoms with Crippen LogP contribution in [0.5, 0.6) is 5.75 Å². The SMILES string of the molecule is COc1ccc2ccccc2c1/C=N/Nc1nc(Nc2ccccc2)nc(Nc2ccccc2)n1. The summed E-state index contributed by atoms with van der Waals surface area (Å²) in [6, 6.07) is 31.4. The molecule has 8 heteroatoms. The molecule has 5 aromatic rings. The molecule has 0 aliphatic carbocycles. The maximum absolute atomic E-state index is 5.55. The van der Waals surface area contributed by atoms with Crippen LogP contribution in [0, 0.1) is 0 Å². The topological polar surface area (TPSA) is 96.4 Å². The number of hydrogen-bond acceptors (Lipinski definition) is 8. The molecule has 0 fully saturated rings. The van der Waals surface area contributed by atoms with E-state index in [-0.39, 0.29) is 5.95 Å².